The van der Waals surface area contributed by atoms with E-state index in [0.29, 0.717) is 17.5 Å². The first-order chi connectivity index (χ1) is 5.80. The van der Waals surface area contributed by atoms with E-state index in [1.165, 1.54) is 0 Å². The lowest BCUT2D eigenvalue weighted by Gasteiger charge is -2.04. The molecule has 0 radical (unpaired) electrons. The Morgan fingerprint density at radius 1 is 1.33 bits per heavy atom. The molecule has 0 aliphatic carbocycles. The smallest absolute Gasteiger partial charge is 0.216 e. The summed E-state index contributed by atoms with van der Waals surface area (Å²) in [6, 6.07) is 3.48. The zero-order chi connectivity index (χ0) is 8.97. The van der Waals surface area contributed by atoms with Gasteiger partial charge in [-0.1, -0.05) is 0 Å². The predicted octanol–water partition coefficient (Wildman–Crippen LogP) is 1.84. The lowest BCUT2D eigenvalue weighted by molar-refractivity contribution is 0.381. The maximum atomic E-state index is 5.61. The maximum absolute atomic E-state index is 5.61. The summed E-state index contributed by atoms with van der Waals surface area (Å²) in [7, 11) is 3.15. The van der Waals surface area contributed by atoms with E-state index in [4.69, 9.17) is 21.1 Å². The molecule has 66 valence electrons. The summed E-state index contributed by atoms with van der Waals surface area (Å²) in [5.74, 6) is 1.58. The third kappa shape index (κ3) is 2.01. The van der Waals surface area contributed by atoms with Crippen LogP contribution in [0.4, 0.5) is 0 Å². The second kappa shape index (κ2) is 4.16. The highest BCUT2D eigenvalue weighted by molar-refractivity contribution is 6.16. The molecule has 1 heterocycles. The summed E-state index contributed by atoms with van der Waals surface area (Å²) < 4.78 is 9.97. The van der Waals surface area contributed by atoms with Crippen LogP contribution in [0.3, 0.4) is 0 Å². The van der Waals surface area contributed by atoms with E-state index in [1.54, 1.807) is 26.4 Å². The van der Waals surface area contributed by atoms with Crippen molar-refractivity contribution in [1.29, 1.82) is 0 Å². The Labute approximate surface area is 76.3 Å². The quantitative estimate of drug-likeness (QED) is 0.677. The molecule has 0 aliphatic heterocycles. The van der Waals surface area contributed by atoms with E-state index in [2.05, 4.69) is 4.98 Å². The van der Waals surface area contributed by atoms with E-state index in [-0.39, 0.29) is 0 Å². The highest BCUT2D eigenvalue weighted by atomic mass is 35.5. The molecule has 1 rings (SSSR count). The van der Waals surface area contributed by atoms with E-state index >= 15 is 0 Å². The molecule has 0 fully saturated rings. The maximum Gasteiger partial charge on any atom is 0.216 e. The molecular weight excluding hydrogens is 178 g/mol. The molecule has 0 unspecified atom stereocenters. The molecule has 0 spiro atoms. The van der Waals surface area contributed by atoms with Gasteiger partial charge in [0.15, 0.2) is 0 Å². The second-order valence-corrected chi connectivity index (χ2v) is 2.44. The lowest BCUT2D eigenvalue weighted by atomic mass is 10.3. The minimum absolute atomic E-state index is 0.355. The number of hydrogen-bond acceptors (Lipinski definition) is 3. The first-order valence-electron chi connectivity index (χ1n) is 3.45. The Kier molecular flexibility index (Phi) is 3.17. The van der Waals surface area contributed by atoms with Crippen molar-refractivity contribution in [3.63, 3.8) is 0 Å². The summed E-state index contributed by atoms with van der Waals surface area (Å²) in [4.78, 5) is 4.08. The fourth-order valence-corrected chi connectivity index (χ4v) is 0.961. The molecule has 1 aromatic heterocycles. The SMILES string of the molecule is COc1cc(CCl)nc(OC)c1. The van der Waals surface area contributed by atoms with Crippen molar-refractivity contribution >= 4 is 11.6 Å². The molecule has 3 nitrogen and oxygen atoms in total. The van der Waals surface area contributed by atoms with Crippen molar-refractivity contribution in [2.75, 3.05) is 14.2 Å². The number of ether oxygens (including phenoxy) is 2. The molecule has 0 saturated heterocycles. The van der Waals surface area contributed by atoms with Gasteiger partial charge in [-0.25, -0.2) is 4.98 Å². The predicted molar refractivity (Wildman–Crippen MR) is 46.9 cm³/mol. The van der Waals surface area contributed by atoms with Crippen LogP contribution < -0.4 is 9.47 Å². The number of alkyl halides is 1. The second-order valence-electron chi connectivity index (χ2n) is 2.17. The summed E-state index contributed by atoms with van der Waals surface area (Å²) >= 11 is 5.61. The summed E-state index contributed by atoms with van der Waals surface area (Å²) in [6.07, 6.45) is 0. The van der Waals surface area contributed by atoms with Gasteiger partial charge in [-0.15, -0.1) is 11.6 Å². The van der Waals surface area contributed by atoms with Gasteiger partial charge in [0, 0.05) is 12.1 Å². The van der Waals surface area contributed by atoms with Crippen molar-refractivity contribution < 1.29 is 9.47 Å². The Morgan fingerprint density at radius 3 is 2.58 bits per heavy atom. The van der Waals surface area contributed by atoms with Crippen LogP contribution in [0.25, 0.3) is 0 Å². The molecule has 0 bridgehead atoms. The molecular formula is C8H10ClNO2. The van der Waals surface area contributed by atoms with Gasteiger partial charge in [0.1, 0.15) is 5.75 Å². The van der Waals surface area contributed by atoms with Gasteiger partial charge in [-0.3, -0.25) is 0 Å². The number of rotatable bonds is 3. The van der Waals surface area contributed by atoms with Gasteiger partial charge >= 0.3 is 0 Å². The van der Waals surface area contributed by atoms with Gasteiger partial charge in [0.25, 0.3) is 0 Å². The molecule has 0 amide bonds. The minimum atomic E-state index is 0.355. The number of nitrogens with zero attached hydrogens (tertiary/aromatic N) is 1. The summed E-state index contributed by atoms with van der Waals surface area (Å²) in [5.41, 5.74) is 0.743. The van der Waals surface area contributed by atoms with Crippen molar-refractivity contribution in [3.05, 3.63) is 17.8 Å². The van der Waals surface area contributed by atoms with Crippen LogP contribution in [0.2, 0.25) is 0 Å². The number of pyridine rings is 1. The van der Waals surface area contributed by atoms with Crippen LogP contribution in [-0.2, 0) is 5.88 Å². The zero-order valence-corrected chi connectivity index (χ0v) is 7.76. The van der Waals surface area contributed by atoms with E-state index in [9.17, 15) is 0 Å². The molecule has 1 aromatic rings. The Bertz CT molecular complexity index is 210. The standard InChI is InChI=1S/C8H10ClNO2/c1-11-7-3-6(5-9)10-8(4-7)12-2/h3-4H,5H2,1-2H3. The van der Waals surface area contributed by atoms with Crippen LogP contribution >= 0.6 is 11.6 Å². The normalized spacial score (nSPS) is 9.58. The number of methoxy groups -OCH3 is 2. The van der Waals surface area contributed by atoms with Gasteiger partial charge in [-0.05, 0) is 0 Å². The molecule has 0 atom stereocenters. The van der Waals surface area contributed by atoms with Crippen LogP contribution in [0.1, 0.15) is 5.69 Å². The van der Waals surface area contributed by atoms with Crippen LogP contribution in [0.15, 0.2) is 12.1 Å². The molecule has 0 aliphatic rings. The molecule has 12 heavy (non-hydrogen) atoms. The molecule has 0 saturated carbocycles. The monoisotopic (exact) mass is 187 g/mol. The summed E-state index contributed by atoms with van der Waals surface area (Å²) in [6.45, 7) is 0. The minimum Gasteiger partial charge on any atom is -0.496 e. The fourth-order valence-electron chi connectivity index (χ4n) is 0.825. The highest BCUT2D eigenvalue weighted by Crippen LogP contribution is 2.19. The van der Waals surface area contributed by atoms with Crippen LogP contribution in [0.5, 0.6) is 11.6 Å². The van der Waals surface area contributed by atoms with Gasteiger partial charge in [0.05, 0.1) is 25.8 Å². The van der Waals surface area contributed by atoms with Crippen LogP contribution in [0, 0.1) is 0 Å². The summed E-state index contributed by atoms with van der Waals surface area (Å²) in [5, 5.41) is 0. The third-order valence-corrected chi connectivity index (χ3v) is 1.68. The van der Waals surface area contributed by atoms with Crippen LogP contribution in [-0.4, -0.2) is 19.2 Å². The molecule has 0 N–H and O–H groups in total. The Hall–Kier alpha value is -0.960. The number of halogens is 1. The van der Waals surface area contributed by atoms with Gasteiger partial charge < -0.3 is 9.47 Å². The van der Waals surface area contributed by atoms with Crippen molar-refractivity contribution in [2.24, 2.45) is 0 Å². The van der Waals surface area contributed by atoms with Crippen molar-refractivity contribution in [1.82, 2.24) is 4.98 Å². The molecule has 0 aromatic carbocycles. The van der Waals surface area contributed by atoms with Crippen molar-refractivity contribution in [3.8, 4) is 11.6 Å². The van der Waals surface area contributed by atoms with E-state index in [0.717, 1.165) is 5.69 Å². The average Bonchev–Trinajstić information content (AvgIpc) is 2.16. The molecule has 4 heteroatoms. The largest absolute Gasteiger partial charge is 0.496 e. The Morgan fingerprint density at radius 2 is 2.08 bits per heavy atom. The first-order valence-corrected chi connectivity index (χ1v) is 3.98. The Balaban J connectivity index is 3.01. The van der Waals surface area contributed by atoms with Gasteiger partial charge in [-0.2, -0.15) is 0 Å². The third-order valence-electron chi connectivity index (χ3n) is 1.41. The van der Waals surface area contributed by atoms with E-state index < -0.39 is 0 Å². The highest BCUT2D eigenvalue weighted by Gasteiger charge is 2.01. The first kappa shape index (κ1) is 9.13. The zero-order valence-electron chi connectivity index (χ0n) is 7.00. The number of aromatic nitrogens is 1. The average molecular weight is 188 g/mol. The number of hydrogen-bond donors (Lipinski definition) is 0. The van der Waals surface area contributed by atoms with Crippen molar-refractivity contribution in [2.45, 2.75) is 5.88 Å². The topological polar surface area (TPSA) is 31.4 Å². The lowest BCUT2D eigenvalue weighted by Crippen LogP contribution is -1.93. The van der Waals surface area contributed by atoms with Gasteiger partial charge in [0.2, 0.25) is 5.88 Å². The van der Waals surface area contributed by atoms with E-state index in [1.807, 2.05) is 0 Å². The fraction of sp³-hybridized carbons (Fsp3) is 0.375.